The van der Waals surface area contributed by atoms with E-state index in [1.54, 1.807) is 25.4 Å². The minimum Gasteiger partial charge on any atom is -0.467 e. The molecule has 0 spiro atoms. The molecule has 0 aromatic carbocycles. The molecule has 7 nitrogen and oxygen atoms in total. The highest BCUT2D eigenvalue weighted by atomic mass is 16.3. The molecule has 1 aliphatic rings. The van der Waals surface area contributed by atoms with Crippen LogP contribution in [-0.4, -0.2) is 33.2 Å². The van der Waals surface area contributed by atoms with Gasteiger partial charge in [0, 0.05) is 32.6 Å². The lowest BCUT2D eigenvalue weighted by Gasteiger charge is -2.32. The van der Waals surface area contributed by atoms with Crippen LogP contribution >= 0.6 is 0 Å². The van der Waals surface area contributed by atoms with Crippen LogP contribution in [-0.2, 0) is 31.4 Å². The third kappa shape index (κ3) is 3.34. The minimum atomic E-state index is -0.276. The van der Waals surface area contributed by atoms with Crippen LogP contribution in [0.15, 0.2) is 33.7 Å². The minimum absolute atomic E-state index is 0.0540. The van der Waals surface area contributed by atoms with Gasteiger partial charge in [-0.1, -0.05) is 0 Å². The van der Waals surface area contributed by atoms with E-state index in [1.807, 2.05) is 13.0 Å². The van der Waals surface area contributed by atoms with E-state index in [4.69, 9.17) is 4.42 Å². The number of hydrogen-bond donors (Lipinski definition) is 1. The average molecular weight is 316 g/mol. The fraction of sp³-hybridized carbons (Fsp3) is 0.438. The number of carbonyl (C=O) groups excluding carboxylic acids is 1. The van der Waals surface area contributed by atoms with Crippen LogP contribution in [0.25, 0.3) is 0 Å². The Labute approximate surface area is 133 Å². The standard InChI is InChI=1S/C16H20N4O3/c1-11(16(22)17-9-13-4-3-7-23-13)20-6-5-14-12(10-20)8-15(21)19(2)18-14/h3-4,7-8,11H,5-6,9-10H2,1-2H3,(H,17,22)/t11-/m0/s1. The molecule has 1 N–H and O–H groups in total. The van der Waals surface area contributed by atoms with Crippen LogP contribution in [0.3, 0.4) is 0 Å². The summed E-state index contributed by atoms with van der Waals surface area (Å²) in [7, 11) is 1.65. The number of nitrogens with one attached hydrogen (secondary N) is 1. The van der Waals surface area contributed by atoms with Crippen molar-refractivity contribution < 1.29 is 9.21 Å². The molecular formula is C16H20N4O3. The Hall–Kier alpha value is -2.41. The second-order valence-corrected chi connectivity index (χ2v) is 5.77. The van der Waals surface area contributed by atoms with E-state index >= 15 is 0 Å². The molecule has 7 heteroatoms. The Morgan fingerprint density at radius 3 is 3.09 bits per heavy atom. The van der Waals surface area contributed by atoms with Crippen molar-refractivity contribution in [3.8, 4) is 0 Å². The number of amides is 1. The normalized spacial score (nSPS) is 15.9. The number of hydrogen-bond acceptors (Lipinski definition) is 5. The molecule has 0 saturated carbocycles. The zero-order valence-corrected chi connectivity index (χ0v) is 13.3. The zero-order chi connectivity index (χ0) is 16.4. The van der Waals surface area contributed by atoms with E-state index in [-0.39, 0.29) is 17.5 Å². The van der Waals surface area contributed by atoms with Gasteiger partial charge in [-0.3, -0.25) is 14.5 Å². The number of aromatic nitrogens is 2. The topological polar surface area (TPSA) is 80.4 Å². The van der Waals surface area contributed by atoms with Gasteiger partial charge in [-0.05, 0) is 24.6 Å². The van der Waals surface area contributed by atoms with Crippen LogP contribution in [0.4, 0.5) is 0 Å². The molecule has 0 unspecified atom stereocenters. The van der Waals surface area contributed by atoms with Crippen LogP contribution in [0.2, 0.25) is 0 Å². The van der Waals surface area contributed by atoms with Gasteiger partial charge in [-0.25, -0.2) is 4.68 Å². The molecule has 1 aliphatic heterocycles. The Bertz CT molecular complexity index is 751. The highest BCUT2D eigenvalue weighted by Crippen LogP contribution is 2.17. The lowest BCUT2D eigenvalue weighted by atomic mass is 10.0. The maximum Gasteiger partial charge on any atom is 0.266 e. The average Bonchev–Trinajstić information content (AvgIpc) is 3.06. The van der Waals surface area contributed by atoms with E-state index in [0.29, 0.717) is 13.1 Å². The Kier molecular flexibility index (Phi) is 4.29. The zero-order valence-electron chi connectivity index (χ0n) is 13.3. The quantitative estimate of drug-likeness (QED) is 0.885. The molecule has 0 aliphatic carbocycles. The van der Waals surface area contributed by atoms with Gasteiger partial charge in [0.15, 0.2) is 0 Å². The fourth-order valence-corrected chi connectivity index (χ4v) is 2.75. The molecule has 1 atom stereocenters. The monoisotopic (exact) mass is 316 g/mol. The number of furan rings is 1. The van der Waals surface area contributed by atoms with Crippen molar-refractivity contribution in [2.75, 3.05) is 6.54 Å². The molecule has 3 rings (SSSR count). The van der Waals surface area contributed by atoms with E-state index in [1.165, 1.54) is 4.68 Å². The van der Waals surface area contributed by atoms with Gasteiger partial charge in [-0.2, -0.15) is 5.10 Å². The number of nitrogens with zero attached hydrogens (tertiary/aromatic N) is 3. The van der Waals surface area contributed by atoms with Crippen LogP contribution < -0.4 is 10.9 Å². The molecule has 0 saturated heterocycles. The van der Waals surface area contributed by atoms with Crippen molar-refractivity contribution in [3.63, 3.8) is 0 Å². The van der Waals surface area contributed by atoms with E-state index < -0.39 is 0 Å². The lowest BCUT2D eigenvalue weighted by Crippen LogP contribution is -2.47. The maximum atomic E-state index is 12.3. The number of aryl methyl sites for hydroxylation is 1. The van der Waals surface area contributed by atoms with E-state index in [2.05, 4.69) is 15.3 Å². The summed E-state index contributed by atoms with van der Waals surface area (Å²) in [5.41, 5.74) is 1.72. The number of rotatable bonds is 4. The van der Waals surface area contributed by atoms with Crippen molar-refractivity contribution in [1.82, 2.24) is 20.0 Å². The van der Waals surface area contributed by atoms with Crippen molar-refractivity contribution >= 4 is 5.91 Å². The first-order valence-corrected chi connectivity index (χ1v) is 7.65. The second-order valence-electron chi connectivity index (χ2n) is 5.77. The second kappa shape index (κ2) is 6.37. The predicted octanol–water partition coefficient (Wildman–Crippen LogP) is 0.436. The van der Waals surface area contributed by atoms with Crippen molar-refractivity contribution in [3.05, 3.63) is 51.8 Å². The highest BCUT2D eigenvalue weighted by Gasteiger charge is 2.26. The SMILES string of the molecule is C[C@@H](C(=O)NCc1ccco1)N1CCc2nn(C)c(=O)cc2C1. The van der Waals surface area contributed by atoms with Crippen molar-refractivity contribution in [1.29, 1.82) is 0 Å². The molecule has 1 amide bonds. The van der Waals surface area contributed by atoms with Gasteiger partial charge in [0.1, 0.15) is 5.76 Å². The molecular weight excluding hydrogens is 296 g/mol. The summed E-state index contributed by atoms with van der Waals surface area (Å²) in [5, 5.41) is 7.16. The van der Waals surface area contributed by atoms with Gasteiger partial charge in [0.05, 0.1) is 24.5 Å². The third-order valence-corrected chi connectivity index (χ3v) is 4.21. The van der Waals surface area contributed by atoms with E-state index in [9.17, 15) is 9.59 Å². The summed E-state index contributed by atoms with van der Waals surface area (Å²) in [6, 6.07) is 4.95. The van der Waals surface area contributed by atoms with Crippen molar-refractivity contribution in [2.24, 2.45) is 7.05 Å². The molecule has 0 fully saturated rings. The smallest absolute Gasteiger partial charge is 0.266 e. The maximum absolute atomic E-state index is 12.3. The van der Waals surface area contributed by atoms with Gasteiger partial charge in [0.2, 0.25) is 5.91 Å². The summed E-state index contributed by atoms with van der Waals surface area (Å²) in [5.74, 6) is 0.670. The summed E-state index contributed by atoms with van der Waals surface area (Å²) in [4.78, 5) is 26.1. The Morgan fingerprint density at radius 1 is 1.52 bits per heavy atom. The van der Waals surface area contributed by atoms with E-state index in [0.717, 1.165) is 30.0 Å². The fourth-order valence-electron chi connectivity index (χ4n) is 2.75. The van der Waals surface area contributed by atoms with Crippen LogP contribution in [0.1, 0.15) is 23.9 Å². The molecule has 23 heavy (non-hydrogen) atoms. The summed E-state index contributed by atoms with van der Waals surface area (Å²) >= 11 is 0. The van der Waals surface area contributed by atoms with Crippen molar-refractivity contribution in [2.45, 2.75) is 32.5 Å². The number of carbonyl (C=O) groups is 1. The number of fused-ring (bicyclic) bond motifs is 1. The summed E-state index contributed by atoms with van der Waals surface area (Å²) < 4.78 is 6.56. The highest BCUT2D eigenvalue weighted by molar-refractivity contribution is 5.81. The Morgan fingerprint density at radius 2 is 2.35 bits per heavy atom. The van der Waals surface area contributed by atoms with Crippen LogP contribution in [0.5, 0.6) is 0 Å². The largest absolute Gasteiger partial charge is 0.467 e. The molecule has 2 aromatic rings. The predicted molar refractivity (Wildman–Crippen MR) is 83.6 cm³/mol. The third-order valence-electron chi connectivity index (χ3n) is 4.21. The molecule has 2 aromatic heterocycles. The van der Waals surface area contributed by atoms with Gasteiger partial charge >= 0.3 is 0 Å². The lowest BCUT2D eigenvalue weighted by molar-refractivity contribution is -0.126. The first-order chi connectivity index (χ1) is 11.0. The summed E-state index contributed by atoms with van der Waals surface area (Å²) in [6.45, 7) is 3.56. The van der Waals surface area contributed by atoms with Gasteiger partial charge in [0.25, 0.3) is 5.56 Å². The molecule has 0 radical (unpaired) electrons. The molecule has 0 bridgehead atoms. The molecule has 3 heterocycles. The first kappa shape index (κ1) is 15.5. The Balaban J connectivity index is 1.64. The molecule has 122 valence electrons. The van der Waals surface area contributed by atoms with Gasteiger partial charge in [-0.15, -0.1) is 0 Å². The first-order valence-electron chi connectivity index (χ1n) is 7.65. The summed E-state index contributed by atoms with van der Waals surface area (Å²) in [6.07, 6.45) is 2.32. The van der Waals surface area contributed by atoms with Crippen LogP contribution in [0, 0.1) is 0 Å². The van der Waals surface area contributed by atoms with Gasteiger partial charge < -0.3 is 9.73 Å².